The minimum Gasteiger partial charge on any atom is -0.267 e. The van der Waals surface area contributed by atoms with E-state index in [0.717, 1.165) is 30.2 Å². The van der Waals surface area contributed by atoms with Gasteiger partial charge in [0, 0.05) is 17.7 Å². The summed E-state index contributed by atoms with van der Waals surface area (Å²) in [7, 11) is 0. The van der Waals surface area contributed by atoms with E-state index in [9.17, 15) is 4.79 Å². The Hall–Kier alpha value is -0.130. The number of hydrogen-bond acceptors (Lipinski definition) is 3. The van der Waals surface area contributed by atoms with Gasteiger partial charge in [0.2, 0.25) is 0 Å². The Labute approximate surface area is 107 Å². The number of thioether (sulfide) groups is 1. The van der Waals surface area contributed by atoms with Crippen molar-refractivity contribution in [2.45, 2.75) is 34.8 Å². The van der Waals surface area contributed by atoms with Crippen molar-refractivity contribution in [2.24, 2.45) is 5.92 Å². The largest absolute Gasteiger partial charge is 0.344 e. The summed E-state index contributed by atoms with van der Waals surface area (Å²) >= 11 is 13.5. The summed E-state index contributed by atoms with van der Waals surface area (Å²) in [5, 5.41) is 7.29. The van der Waals surface area contributed by atoms with E-state index >= 15 is 0 Å². The normalized spacial score (nSPS) is 27.0. The van der Waals surface area contributed by atoms with E-state index in [0.29, 0.717) is 12.0 Å². The van der Waals surface area contributed by atoms with Crippen LogP contribution < -0.4 is 5.69 Å². The number of H-pyrrole nitrogens is 1. The zero-order chi connectivity index (χ0) is 11.3. The molecule has 16 heavy (non-hydrogen) atoms. The summed E-state index contributed by atoms with van der Waals surface area (Å²) in [5.74, 6) is 1.14. The molecule has 2 fully saturated rings. The number of aromatic amines is 1. The smallest absolute Gasteiger partial charge is 0.267 e. The van der Waals surface area contributed by atoms with Crippen molar-refractivity contribution < 1.29 is 0 Å². The minimum absolute atomic E-state index is 0.108. The first-order chi connectivity index (χ1) is 7.58. The van der Waals surface area contributed by atoms with E-state index in [1.807, 2.05) is 0 Å². The van der Waals surface area contributed by atoms with Gasteiger partial charge in [-0.25, -0.2) is 9.89 Å². The van der Waals surface area contributed by atoms with Gasteiger partial charge in [-0.2, -0.15) is 0 Å². The first-order valence-electron chi connectivity index (χ1n) is 5.25. The lowest BCUT2D eigenvalue weighted by Crippen LogP contribution is -2.16. The van der Waals surface area contributed by atoms with Gasteiger partial charge in [-0.15, -0.1) is 28.3 Å². The lowest BCUT2D eigenvalue weighted by molar-refractivity contribution is 0.642. The highest BCUT2D eigenvalue weighted by atomic mass is 35.5. The average Bonchev–Trinajstić information content (AvgIpc) is 3.09. The molecule has 7 heteroatoms. The van der Waals surface area contributed by atoms with E-state index in [2.05, 4.69) is 10.2 Å². The lowest BCUT2D eigenvalue weighted by atomic mass is 10.5. The molecule has 88 valence electrons. The summed E-state index contributed by atoms with van der Waals surface area (Å²) in [6, 6.07) is 0.352. The molecule has 2 saturated carbocycles. The predicted molar refractivity (Wildman–Crippen MR) is 64.4 cm³/mol. The highest BCUT2D eigenvalue weighted by molar-refractivity contribution is 7.99. The van der Waals surface area contributed by atoms with Gasteiger partial charge in [0.25, 0.3) is 0 Å². The molecule has 0 saturated heterocycles. The maximum atomic E-state index is 11.5. The lowest BCUT2D eigenvalue weighted by Gasteiger charge is -2.02. The average molecular weight is 280 g/mol. The van der Waals surface area contributed by atoms with Crippen LogP contribution in [0.2, 0.25) is 0 Å². The first-order valence-corrected chi connectivity index (χ1v) is 6.99. The third kappa shape index (κ3) is 2.00. The molecular formula is C9H11Cl2N3OS. The second-order valence-corrected chi connectivity index (χ2v) is 6.92. The standard InChI is InChI=1S/C9H11Cl2N3OS/c10-9(11)3-5(9)4-16-8-13-12-7(15)14(8)6-1-2-6/h5-6H,1-4H2,(H,12,15). The quantitative estimate of drug-likeness (QED) is 0.679. The van der Waals surface area contributed by atoms with Crippen LogP contribution in [0.1, 0.15) is 25.3 Å². The molecule has 0 aromatic carbocycles. The van der Waals surface area contributed by atoms with Crippen molar-refractivity contribution >= 4 is 35.0 Å². The molecule has 0 bridgehead atoms. The van der Waals surface area contributed by atoms with Gasteiger partial charge < -0.3 is 0 Å². The van der Waals surface area contributed by atoms with E-state index in [1.54, 1.807) is 16.3 Å². The molecule has 1 N–H and O–H groups in total. The molecular weight excluding hydrogens is 269 g/mol. The Morgan fingerprint density at radius 1 is 1.56 bits per heavy atom. The van der Waals surface area contributed by atoms with Crippen molar-refractivity contribution in [3.8, 4) is 0 Å². The van der Waals surface area contributed by atoms with Crippen LogP contribution in [-0.4, -0.2) is 24.9 Å². The van der Waals surface area contributed by atoms with Crippen LogP contribution in [0.4, 0.5) is 0 Å². The fourth-order valence-electron chi connectivity index (χ4n) is 1.67. The van der Waals surface area contributed by atoms with Crippen molar-refractivity contribution in [3.05, 3.63) is 10.5 Å². The number of aromatic nitrogens is 3. The number of alkyl halides is 2. The summed E-state index contributed by atoms with van der Waals surface area (Å²) in [6.07, 6.45) is 2.98. The van der Waals surface area contributed by atoms with E-state index in [1.165, 1.54) is 0 Å². The van der Waals surface area contributed by atoms with Gasteiger partial charge in [0.1, 0.15) is 4.33 Å². The van der Waals surface area contributed by atoms with Gasteiger partial charge in [-0.05, 0) is 19.3 Å². The van der Waals surface area contributed by atoms with E-state index in [-0.39, 0.29) is 5.69 Å². The Morgan fingerprint density at radius 3 is 2.81 bits per heavy atom. The highest BCUT2D eigenvalue weighted by Gasteiger charge is 2.51. The van der Waals surface area contributed by atoms with Crippen LogP contribution >= 0.6 is 35.0 Å². The molecule has 1 unspecified atom stereocenters. The van der Waals surface area contributed by atoms with Crippen LogP contribution in [0.25, 0.3) is 0 Å². The Balaban J connectivity index is 1.68. The summed E-state index contributed by atoms with van der Waals surface area (Å²) in [5.41, 5.74) is -0.108. The summed E-state index contributed by atoms with van der Waals surface area (Å²) in [6.45, 7) is 0. The molecule has 3 rings (SSSR count). The van der Waals surface area contributed by atoms with Gasteiger partial charge >= 0.3 is 5.69 Å². The molecule has 2 aliphatic carbocycles. The van der Waals surface area contributed by atoms with Crippen LogP contribution in [0, 0.1) is 5.92 Å². The molecule has 1 atom stereocenters. The first kappa shape index (κ1) is 11.0. The van der Waals surface area contributed by atoms with Crippen LogP contribution in [-0.2, 0) is 0 Å². The van der Waals surface area contributed by atoms with Gasteiger partial charge in [-0.1, -0.05) is 11.8 Å². The number of halogens is 2. The van der Waals surface area contributed by atoms with Crippen molar-refractivity contribution in [1.82, 2.24) is 14.8 Å². The molecule has 4 nitrogen and oxygen atoms in total. The maximum Gasteiger partial charge on any atom is 0.344 e. The van der Waals surface area contributed by atoms with E-state index < -0.39 is 4.33 Å². The molecule has 0 amide bonds. The zero-order valence-corrected chi connectivity index (χ0v) is 10.8. The minimum atomic E-state index is -0.548. The SMILES string of the molecule is O=c1[nH]nc(SCC2CC2(Cl)Cl)n1C1CC1. The van der Waals surface area contributed by atoms with Crippen LogP contribution in [0.15, 0.2) is 9.95 Å². The second kappa shape index (κ2) is 3.68. The monoisotopic (exact) mass is 279 g/mol. The number of nitrogens with zero attached hydrogens (tertiary/aromatic N) is 2. The molecule has 1 aromatic heterocycles. The van der Waals surface area contributed by atoms with Gasteiger partial charge in [0.05, 0.1) is 0 Å². The Kier molecular flexibility index (Phi) is 2.53. The highest BCUT2D eigenvalue weighted by Crippen LogP contribution is 2.54. The fourth-order valence-corrected chi connectivity index (χ4v) is 3.62. The van der Waals surface area contributed by atoms with Gasteiger partial charge in [0.15, 0.2) is 5.16 Å². The maximum absolute atomic E-state index is 11.5. The molecule has 0 spiro atoms. The zero-order valence-electron chi connectivity index (χ0n) is 8.45. The van der Waals surface area contributed by atoms with Crippen LogP contribution in [0.5, 0.6) is 0 Å². The molecule has 0 aliphatic heterocycles. The summed E-state index contributed by atoms with van der Waals surface area (Å²) in [4.78, 5) is 11.5. The summed E-state index contributed by atoms with van der Waals surface area (Å²) < 4.78 is 1.20. The fraction of sp³-hybridized carbons (Fsp3) is 0.778. The molecule has 1 aromatic rings. The van der Waals surface area contributed by atoms with E-state index in [4.69, 9.17) is 23.2 Å². The number of hydrogen-bond donors (Lipinski definition) is 1. The van der Waals surface area contributed by atoms with Gasteiger partial charge in [-0.3, -0.25) is 4.57 Å². The van der Waals surface area contributed by atoms with Crippen molar-refractivity contribution in [2.75, 3.05) is 5.75 Å². The number of rotatable bonds is 4. The molecule has 2 aliphatic rings. The molecule has 0 radical (unpaired) electrons. The predicted octanol–water partition coefficient (Wildman–Crippen LogP) is 2.19. The molecule has 1 heterocycles. The number of nitrogens with one attached hydrogen (secondary N) is 1. The second-order valence-electron chi connectivity index (χ2n) is 4.39. The van der Waals surface area contributed by atoms with Crippen molar-refractivity contribution in [1.29, 1.82) is 0 Å². The topological polar surface area (TPSA) is 50.7 Å². The van der Waals surface area contributed by atoms with Crippen LogP contribution in [0.3, 0.4) is 0 Å². The Morgan fingerprint density at radius 2 is 2.25 bits per heavy atom. The Bertz CT molecular complexity index is 466. The van der Waals surface area contributed by atoms with Crippen molar-refractivity contribution in [3.63, 3.8) is 0 Å². The third-order valence-electron chi connectivity index (χ3n) is 2.95. The third-order valence-corrected chi connectivity index (χ3v) is 4.99.